The number of amides is 1. The highest BCUT2D eigenvalue weighted by molar-refractivity contribution is 5.94. The van der Waals surface area contributed by atoms with Gasteiger partial charge in [-0.3, -0.25) is 4.79 Å². The molecule has 1 aromatic carbocycles. The second kappa shape index (κ2) is 5.11. The van der Waals surface area contributed by atoms with E-state index in [-0.39, 0.29) is 17.9 Å². The fourth-order valence-corrected chi connectivity index (χ4v) is 1.23. The Morgan fingerprint density at radius 2 is 1.94 bits per heavy atom. The highest BCUT2D eigenvalue weighted by Gasteiger charge is 2.09. The minimum atomic E-state index is -0.980. The van der Waals surface area contributed by atoms with Crippen LogP contribution in [0.1, 0.15) is 16.8 Å². The van der Waals surface area contributed by atoms with Crippen molar-refractivity contribution in [3.8, 4) is 0 Å². The van der Waals surface area contributed by atoms with Crippen LogP contribution in [0.5, 0.6) is 0 Å². The summed E-state index contributed by atoms with van der Waals surface area (Å²) in [5, 5.41) is 8.71. The van der Waals surface area contributed by atoms with Gasteiger partial charge in [0.2, 0.25) is 5.91 Å². The van der Waals surface area contributed by atoms with Gasteiger partial charge in [0.05, 0.1) is 5.56 Å². The van der Waals surface area contributed by atoms with Crippen molar-refractivity contribution in [3.05, 3.63) is 42.5 Å². The average Bonchev–Trinajstić information content (AvgIpc) is 2.28. The van der Waals surface area contributed by atoms with Crippen molar-refractivity contribution in [3.63, 3.8) is 0 Å². The molecule has 0 spiro atoms. The van der Waals surface area contributed by atoms with Gasteiger partial charge in [-0.15, -0.1) is 6.58 Å². The molecule has 1 aromatic rings. The third-order valence-electron chi connectivity index (χ3n) is 2.19. The van der Waals surface area contributed by atoms with Gasteiger partial charge in [0.1, 0.15) is 0 Å². The molecular formula is C12H13NO3. The summed E-state index contributed by atoms with van der Waals surface area (Å²) in [5.41, 5.74) is 0.866. The molecule has 1 N–H and O–H groups in total. The third kappa shape index (κ3) is 2.70. The van der Waals surface area contributed by atoms with Crippen molar-refractivity contribution >= 4 is 17.6 Å². The van der Waals surface area contributed by atoms with Crippen LogP contribution in [0.25, 0.3) is 0 Å². The van der Waals surface area contributed by atoms with E-state index in [9.17, 15) is 9.59 Å². The van der Waals surface area contributed by atoms with Crippen LogP contribution < -0.4 is 4.90 Å². The first kappa shape index (κ1) is 12.0. The van der Waals surface area contributed by atoms with Gasteiger partial charge in [-0.1, -0.05) is 6.08 Å². The lowest BCUT2D eigenvalue weighted by Gasteiger charge is -2.16. The first-order valence-electron chi connectivity index (χ1n) is 4.77. The number of hydrogen-bond acceptors (Lipinski definition) is 2. The second-order valence-electron chi connectivity index (χ2n) is 3.30. The number of anilines is 1. The molecule has 0 saturated heterocycles. The topological polar surface area (TPSA) is 57.6 Å². The van der Waals surface area contributed by atoms with Crippen LogP contribution in [0, 0.1) is 0 Å². The van der Waals surface area contributed by atoms with Gasteiger partial charge in [-0.05, 0) is 24.3 Å². The largest absolute Gasteiger partial charge is 0.478 e. The van der Waals surface area contributed by atoms with E-state index >= 15 is 0 Å². The van der Waals surface area contributed by atoms with Crippen LogP contribution in [-0.2, 0) is 4.79 Å². The maximum atomic E-state index is 11.5. The van der Waals surface area contributed by atoms with Crippen molar-refractivity contribution in [2.45, 2.75) is 6.42 Å². The Balaban J connectivity index is 2.85. The molecule has 0 aliphatic heterocycles. The van der Waals surface area contributed by atoms with E-state index in [0.717, 1.165) is 0 Å². The summed E-state index contributed by atoms with van der Waals surface area (Å²) in [5.74, 6) is -1.07. The Morgan fingerprint density at radius 3 is 2.38 bits per heavy atom. The lowest BCUT2D eigenvalue weighted by molar-refractivity contribution is -0.117. The Hall–Kier alpha value is -2.10. The molecule has 0 heterocycles. The Labute approximate surface area is 93.8 Å². The minimum Gasteiger partial charge on any atom is -0.478 e. The molecule has 0 saturated carbocycles. The van der Waals surface area contributed by atoms with E-state index in [1.54, 1.807) is 19.2 Å². The molecule has 0 aliphatic rings. The monoisotopic (exact) mass is 219 g/mol. The molecule has 1 amide bonds. The zero-order chi connectivity index (χ0) is 12.1. The van der Waals surface area contributed by atoms with E-state index in [1.807, 2.05) is 0 Å². The number of carboxylic acids is 1. The number of carbonyl (C=O) groups excluding carboxylic acids is 1. The SMILES string of the molecule is C=CCC(=O)N(C)c1ccc(C(=O)O)cc1. The molecule has 0 aliphatic carbocycles. The third-order valence-corrected chi connectivity index (χ3v) is 2.19. The molecule has 4 heteroatoms. The predicted molar refractivity (Wildman–Crippen MR) is 61.6 cm³/mol. The molecule has 0 fully saturated rings. The summed E-state index contributed by atoms with van der Waals surface area (Å²) in [6.07, 6.45) is 1.79. The molecule has 0 unspecified atom stereocenters. The zero-order valence-electron chi connectivity index (χ0n) is 9.01. The van der Waals surface area contributed by atoms with Gasteiger partial charge in [0.25, 0.3) is 0 Å². The lowest BCUT2D eigenvalue weighted by Crippen LogP contribution is -2.25. The van der Waals surface area contributed by atoms with Crippen LogP contribution in [-0.4, -0.2) is 24.0 Å². The summed E-state index contributed by atoms with van der Waals surface area (Å²) in [6.45, 7) is 3.49. The molecule has 1 rings (SSSR count). The number of carbonyl (C=O) groups is 2. The molecule has 84 valence electrons. The molecular weight excluding hydrogens is 206 g/mol. The number of carboxylic acid groups (broad SMARTS) is 1. The molecule has 4 nitrogen and oxygen atoms in total. The summed E-state index contributed by atoms with van der Waals surface area (Å²) in [6, 6.07) is 6.14. The van der Waals surface area contributed by atoms with Gasteiger partial charge in [0.15, 0.2) is 0 Å². The van der Waals surface area contributed by atoms with E-state index in [0.29, 0.717) is 5.69 Å². The smallest absolute Gasteiger partial charge is 0.335 e. The van der Waals surface area contributed by atoms with E-state index in [2.05, 4.69) is 6.58 Å². The highest BCUT2D eigenvalue weighted by atomic mass is 16.4. The number of hydrogen-bond donors (Lipinski definition) is 1. The summed E-state index contributed by atoms with van der Waals surface area (Å²) >= 11 is 0. The highest BCUT2D eigenvalue weighted by Crippen LogP contribution is 2.14. The maximum Gasteiger partial charge on any atom is 0.335 e. The van der Waals surface area contributed by atoms with Crippen molar-refractivity contribution in [1.82, 2.24) is 0 Å². The summed E-state index contributed by atoms with van der Waals surface area (Å²) in [7, 11) is 1.64. The van der Waals surface area contributed by atoms with Crippen LogP contribution in [0.3, 0.4) is 0 Å². The Bertz CT molecular complexity index is 409. The number of nitrogens with zero attached hydrogens (tertiary/aromatic N) is 1. The van der Waals surface area contributed by atoms with Crippen LogP contribution in [0.2, 0.25) is 0 Å². The van der Waals surface area contributed by atoms with E-state index in [4.69, 9.17) is 5.11 Å². The maximum absolute atomic E-state index is 11.5. The van der Waals surface area contributed by atoms with Crippen LogP contribution in [0.15, 0.2) is 36.9 Å². The summed E-state index contributed by atoms with van der Waals surface area (Å²) < 4.78 is 0. The normalized spacial score (nSPS) is 9.56. The van der Waals surface area contributed by atoms with Gasteiger partial charge < -0.3 is 10.0 Å². The first-order valence-corrected chi connectivity index (χ1v) is 4.77. The van der Waals surface area contributed by atoms with E-state index in [1.165, 1.54) is 23.1 Å². The molecule has 0 aromatic heterocycles. The molecule has 0 atom stereocenters. The fourth-order valence-electron chi connectivity index (χ4n) is 1.23. The van der Waals surface area contributed by atoms with Crippen LogP contribution in [0.4, 0.5) is 5.69 Å². The van der Waals surface area contributed by atoms with Crippen molar-refractivity contribution in [1.29, 1.82) is 0 Å². The second-order valence-corrected chi connectivity index (χ2v) is 3.30. The van der Waals surface area contributed by atoms with Gasteiger partial charge in [0, 0.05) is 19.2 Å². The lowest BCUT2D eigenvalue weighted by atomic mass is 10.2. The Kier molecular flexibility index (Phi) is 3.83. The van der Waals surface area contributed by atoms with Crippen molar-refractivity contribution < 1.29 is 14.7 Å². The molecule has 0 bridgehead atoms. The van der Waals surface area contributed by atoms with Gasteiger partial charge in [-0.25, -0.2) is 4.79 Å². The number of aromatic carboxylic acids is 1. The van der Waals surface area contributed by atoms with Crippen molar-refractivity contribution in [2.24, 2.45) is 0 Å². The van der Waals surface area contributed by atoms with Gasteiger partial charge in [-0.2, -0.15) is 0 Å². The minimum absolute atomic E-state index is 0.0851. The zero-order valence-corrected chi connectivity index (χ0v) is 9.01. The number of rotatable bonds is 4. The standard InChI is InChI=1S/C12H13NO3/c1-3-4-11(14)13(2)10-7-5-9(6-8-10)12(15)16/h3,5-8H,1,4H2,2H3,(H,15,16). The van der Waals surface area contributed by atoms with Gasteiger partial charge >= 0.3 is 5.97 Å². The molecule has 16 heavy (non-hydrogen) atoms. The predicted octanol–water partition coefficient (Wildman–Crippen LogP) is 1.92. The van der Waals surface area contributed by atoms with E-state index < -0.39 is 5.97 Å². The molecule has 0 radical (unpaired) electrons. The van der Waals surface area contributed by atoms with Crippen molar-refractivity contribution in [2.75, 3.05) is 11.9 Å². The first-order chi connectivity index (χ1) is 7.56. The number of benzene rings is 1. The fraction of sp³-hybridized carbons (Fsp3) is 0.167. The Morgan fingerprint density at radius 1 is 1.38 bits per heavy atom. The van der Waals surface area contributed by atoms with Crippen LogP contribution >= 0.6 is 0 Å². The average molecular weight is 219 g/mol. The summed E-state index contributed by atoms with van der Waals surface area (Å²) in [4.78, 5) is 23.6. The quantitative estimate of drug-likeness (QED) is 0.787.